The lowest BCUT2D eigenvalue weighted by Gasteiger charge is -2.14. The van der Waals surface area contributed by atoms with Crippen LogP contribution in [0.15, 0.2) is 48.7 Å². The molecule has 2 N–H and O–H groups in total. The Balaban J connectivity index is 1.51. The number of aromatic nitrogens is 2. The minimum absolute atomic E-state index is 0.126. The van der Waals surface area contributed by atoms with Crippen LogP contribution in [0.5, 0.6) is 0 Å². The van der Waals surface area contributed by atoms with Crippen molar-refractivity contribution in [2.75, 3.05) is 6.54 Å². The van der Waals surface area contributed by atoms with Crippen LogP contribution in [0.2, 0.25) is 5.02 Å². The van der Waals surface area contributed by atoms with E-state index in [2.05, 4.69) is 24.3 Å². The molecule has 142 valence electrons. The first-order chi connectivity index (χ1) is 13.0. The maximum atomic E-state index is 12.1. The second-order valence-corrected chi connectivity index (χ2v) is 7.34. The number of aryl methyl sites for hydroxylation is 1. The minimum atomic E-state index is -0.723. The number of rotatable bonds is 7. The first kappa shape index (κ1) is 19.4. The number of fused-ring (bicyclic) bond motifs is 1. The van der Waals surface area contributed by atoms with E-state index in [1.807, 2.05) is 42.5 Å². The molecule has 0 saturated heterocycles. The van der Waals surface area contributed by atoms with Gasteiger partial charge in [0.2, 0.25) is 5.91 Å². The van der Waals surface area contributed by atoms with Gasteiger partial charge in [0.05, 0.1) is 29.4 Å². The van der Waals surface area contributed by atoms with E-state index in [9.17, 15) is 9.90 Å². The third kappa shape index (κ3) is 4.67. The Kier molecular flexibility index (Phi) is 6.14. The third-order valence-corrected chi connectivity index (χ3v) is 4.99. The van der Waals surface area contributed by atoms with Gasteiger partial charge in [-0.05, 0) is 29.2 Å². The Bertz CT molecular complexity index is 919. The highest BCUT2D eigenvalue weighted by molar-refractivity contribution is 6.35. The maximum absolute atomic E-state index is 12.1. The molecular formula is C21H24ClN3O2. The van der Waals surface area contributed by atoms with E-state index in [0.717, 1.165) is 16.5 Å². The molecule has 0 bridgehead atoms. The Labute approximate surface area is 164 Å². The summed E-state index contributed by atoms with van der Waals surface area (Å²) in [5.41, 5.74) is 2.93. The van der Waals surface area contributed by atoms with Crippen LogP contribution >= 0.6 is 11.6 Å². The monoisotopic (exact) mass is 385 g/mol. The second kappa shape index (κ2) is 8.55. The molecular weight excluding hydrogens is 362 g/mol. The number of hydrogen-bond acceptors (Lipinski definition) is 3. The summed E-state index contributed by atoms with van der Waals surface area (Å²) >= 11 is 6.14. The number of amides is 1. The normalized spacial score (nSPS) is 12.5. The van der Waals surface area contributed by atoms with Gasteiger partial charge in [0.15, 0.2) is 0 Å². The molecule has 3 rings (SSSR count). The third-order valence-electron chi connectivity index (χ3n) is 4.67. The number of benzene rings is 2. The molecule has 0 saturated carbocycles. The molecule has 0 spiro atoms. The lowest BCUT2D eigenvalue weighted by Crippen LogP contribution is -2.29. The molecule has 1 atom stereocenters. The molecule has 1 amide bonds. The molecule has 3 aromatic rings. The first-order valence-corrected chi connectivity index (χ1v) is 9.48. The van der Waals surface area contributed by atoms with E-state index in [4.69, 9.17) is 11.6 Å². The number of hydrogen-bond donors (Lipinski definition) is 2. The standard InChI is InChI=1S/C21H24ClN3O2/c1-14(2)15-6-8-16(9-7-15)20(26)13-23-21(27)10-11-25-19-5-3-4-18(22)17(19)12-24-25/h3-9,12,14,20,26H,10-11,13H2,1-2H3,(H,23,27). The average Bonchev–Trinajstić information content (AvgIpc) is 3.09. The fraction of sp³-hybridized carbons (Fsp3) is 0.333. The summed E-state index contributed by atoms with van der Waals surface area (Å²) in [5.74, 6) is 0.322. The molecule has 0 aliphatic carbocycles. The van der Waals surface area contributed by atoms with Crippen molar-refractivity contribution < 1.29 is 9.90 Å². The molecule has 0 aliphatic heterocycles. The summed E-state index contributed by atoms with van der Waals surface area (Å²) in [7, 11) is 0. The van der Waals surface area contributed by atoms with Crippen LogP contribution in [0, 0.1) is 0 Å². The van der Waals surface area contributed by atoms with Crippen molar-refractivity contribution in [3.63, 3.8) is 0 Å². The van der Waals surface area contributed by atoms with E-state index in [1.54, 1.807) is 10.9 Å². The first-order valence-electron chi connectivity index (χ1n) is 9.10. The van der Waals surface area contributed by atoms with E-state index >= 15 is 0 Å². The molecule has 5 nitrogen and oxygen atoms in total. The molecule has 0 aliphatic rings. The summed E-state index contributed by atoms with van der Waals surface area (Å²) in [6.07, 6.45) is 1.27. The van der Waals surface area contributed by atoms with Gasteiger partial charge in [0.25, 0.3) is 0 Å². The number of nitrogens with one attached hydrogen (secondary N) is 1. The highest BCUT2D eigenvalue weighted by Gasteiger charge is 2.11. The zero-order valence-corrected chi connectivity index (χ0v) is 16.3. The van der Waals surface area contributed by atoms with Gasteiger partial charge in [-0.25, -0.2) is 0 Å². The van der Waals surface area contributed by atoms with Crippen molar-refractivity contribution in [3.05, 3.63) is 64.8 Å². The highest BCUT2D eigenvalue weighted by atomic mass is 35.5. The Hall–Kier alpha value is -2.37. The molecule has 1 heterocycles. The van der Waals surface area contributed by atoms with Gasteiger partial charge in [0.1, 0.15) is 0 Å². The van der Waals surface area contributed by atoms with E-state index in [0.29, 0.717) is 17.5 Å². The van der Waals surface area contributed by atoms with Crippen molar-refractivity contribution in [2.45, 2.75) is 38.8 Å². The van der Waals surface area contributed by atoms with Crippen molar-refractivity contribution in [1.29, 1.82) is 0 Å². The fourth-order valence-corrected chi connectivity index (χ4v) is 3.19. The Morgan fingerprint density at radius 1 is 1.19 bits per heavy atom. The van der Waals surface area contributed by atoms with E-state index in [1.165, 1.54) is 5.56 Å². The minimum Gasteiger partial charge on any atom is -0.387 e. The topological polar surface area (TPSA) is 67.2 Å². The van der Waals surface area contributed by atoms with Crippen LogP contribution < -0.4 is 5.32 Å². The smallest absolute Gasteiger partial charge is 0.221 e. The van der Waals surface area contributed by atoms with Crippen molar-refractivity contribution >= 4 is 28.4 Å². The highest BCUT2D eigenvalue weighted by Crippen LogP contribution is 2.23. The summed E-state index contributed by atoms with van der Waals surface area (Å²) in [6.45, 7) is 4.89. The van der Waals surface area contributed by atoms with Crippen LogP contribution in [0.25, 0.3) is 10.9 Å². The van der Waals surface area contributed by atoms with Gasteiger partial charge in [-0.3, -0.25) is 9.48 Å². The number of halogens is 1. The molecule has 1 unspecified atom stereocenters. The number of aliphatic hydroxyl groups is 1. The predicted molar refractivity (Wildman–Crippen MR) is 108 cm³/mol. The summed E-state index contributed by atoms with van der Waals surface area (Å²) in [5, 5.41) is 18.9. The average molecular weight is 386 g/mol. The predicted octanol–water partition coefficient (Wildman–Crippen LogP) is 4.05. The van der Waals surface area contributed by atoms with Crippen LogP contribution in [-0.2, 0) is 11.3 Å². The summed E-state index contributed by atoms with van der Waals surface area (Å²) in [4.78, 5) is 12.1. The second-order valence-electron chi connectivity index (χ2n) is 6.93. The van der Waals surface area contributed by atoms with Gasteiger partial charge < -0.3 is 10.4 Å². The lowest BCUT2D eigenvalue weighted by atomic mass is 10.00. The number of aliphatic hydroxyl groups excluding tert-OH is 1. The van der Waals surface area contributed by atoms with Gasteiger partial charge in [-0.1, -0.05) is 55.8 Å². The molecule has 0 radical (unpaired) electrons. The van der Waals surface area contributed by atoms with Crippen molar-refractivity contribution in [1.82, 2.24) is 15.1 Å². The zero-order valence-electron chi connectivity index (χ0n) is 15.5. The zero-order chi connectivity index (χ0) is 19.4. The fourth-order valence-electron chi connectivity index (χ4n) is 2.97. The molecule has 2 aromatic carbocycles. The van der Waals surface area contributed by atoms with E-state index in [-0.39, 0.29) is 18.9 Å². The largest absolute Gasteiger partial charge is 0.387 e. The van der Waals surface area contributed by atoms with Gasteiger partial charge in [-0.15, -0.1) is 0 Å². The number of carbonyl (C=O) groups is 1. The number of nitrogens with zero attached hydrogens (tertiary/aromatic N) is 2. The molecule has 1 aromatic heterocycles. The maximum Gasteiger partial charge on any atom is 0.221 e. The van der Waals surface area contributed by atoms with Gasteiger partial charge >= 0.3 is 0 Å². The van der Waals surface area contributed by atoms with Gasteiger partial charge in [-0.2, -0.15) is 5.10 Å². The molecule has 0 fully saturated rings. The lowest BCUT2D eigenvalue weighted by molar-refractivity contribution is -0.121. The summed E-state index contributed by atoms with van der Waals surface area (Å²) in [6, 6.07) is 13.5. The molecule has 27 heavy (non-hydrogen) atoms. The van der Waals surface area contributed by atoms with Crippen LogP contribution in [0.3, 0.4) is 0 Å². The quantitative estimate of drug-likeness (QED) is 0.644. The Morgan fingerprint density at radius 3 is 2.59 bits per heavy atom. The van der Waals surface area contributed by atoms with Crippen LogP contribution in [-0.4, -0.2) is 27.3 Å². The van der Waals surface area contributed by atoms with E-state index < -0.39 is 6.10 Å². The van der Waals surface area contributed by atoms with Gasteiger partial charge in [0, 0.05) is 18.4 Å². The SMILES string of the molecule is CC(C)c1ccc(C(O)CNC(=O)CCn2ncc3c(Cl)cccc32)cc1. The van der Waals surface area contributed by atoms with Crippen molar-refractivity contribution in [3.8, 4) is 0 Å². The summed E-state index contributed by atoms with van der Waals surface area (Å²) < 4.78 is 1.77. The Morgan fingerprint density at radius 2 is 1.89 bits per heavy atom. The van der Waals surface area contributed by atoms with Crippen LogP contribution in [0.1, 0.15) is 43.4 Å². The van der Waals surface area contributed by atoms with Crippen LogP contribution in [0.4, 0.5) is 0 Å². The number of carbonyl (C=O) groups excluding carboxylic acids is 1. The molecule has 6 heteroatoms. The van der Waals surface area contributed by atoms with Crippen molar-refractivity contribution in [2.24, 2.45) is 0 Å².